The highest BCUT2D eigenvalue weighted by atomic mass is 127. The maximum absolute atomic E-state index is 11.8. The molecular formula is C14H21IN4O. The molecule has 1 aromatic rings. The summed E-state index contributed by atoms with van der Waals surface area (Å²) in [7, 11) is 0. The fraction of sp³-hybridized carbons (Fsp3) is 0.429. The molecule has 0 unspecified atom stereocenters. The molecule has 0 spiro atoms. The lowest BCUT2D eigenvalue weighted by Gasteiger charge is -2.13. The number of anilines is 1. The largest absolute Gasteiger partial charge is 0.370 e. The van der Waals surface area contributed by atoms with E-state index in [1.165, 1.54) is 0 Å². The number of aliphatic imine (C=N–C) groups is 1. The minimum absolute atomic E-state index is 0. The van der Waals surface area contributed by atoms with E-state index in [1.54, 1.807) is 0 Å². The third-order valence-corrected chi connectivity index (χ3v) is 3.13. The van der Waals surface area contributed by atoms with Gasteiger partial charge in [-0.1, -0.05) is 12.1 Å². The first-order valence-corrected chi connectivity index (χ1v) is 6.56. The van der Waals surface area contributed by atoms with Crippen LogP contribution in [0.3, 0.4) is 0 Å². The highest BCUT2D eigenvalue weighted by Crippen LogP contribution is 2.09. The minimum Gasteiger partial charge on any atom is -0.370 e. The lowest BCUT2D eigenvalue weighted by atomic mass is 10.2. The summed E-state index contributed by atoms with van der Waals surface area (Å²) in [6.45, 7) is 3.82. The predicted octanol–water partition coefficient (Wildman–Crippen LogP) is 1.96. The van der Waals surface area contributed by atoms with Crippen LogP contribution in [0.25, 0.3) is 0 Å². The molecule has 0 radical (unpaired) electrons. The molecule has 20 heavy (non-hydrogen) atoms. The molecule has 0 saturated carbocycles. The number of hydrogen-bond acceptors (Lipinski definition) is 2. The Morgan fingerprint density at radius 3 is 2.75 bits per heavy atom. The molecule has 0 aromatic heterocycles. The van der Waals surface area contributed by atoms with Crippen LogP contribution in [0.5, 0.6) is 0 Å². The summed E-state index contributed by atoms with van der Waals surface area (Å²) in [5.41, 5.74) is 7.80. The Labute approximate surface area is 136 Å². The number of aryl methyl sites for hydroxylation is 1. The van der Waals surface area contributed by atoms with Gasteiger partial charge in [0.05, 0.1) is 0 Å². The summed E-state index contributed by atoms with van der Waals surface area (Å²) < 4.78 is 0. The number of halogens is 1. The summed E-state index contributed by atoms with van der Waals surface area (Å²) in [6.07, 6.45) is 2.18. The average molecular weight is 388 g/mol. The van der Waals surface area contributed by atoms with Crippen LogP contribution >= 0.6 is 24.0 Å². The lowest BCUT2D eigenvalue weighted by molar-refractivity contribution is -0.128. The predicted molar refractivity (Wildman–Crippen MR) is 92.5 cm³/mol. The second-order valence-electron chi connectivity index (χ2n) is 4.78. The van der Waals surface area contributed by atoms with Crippen LogP contribution in [0.15, 0.2) is 29.3 Å². The number of nitrogens with zero attached hydrogens (tertiary/aromatic N) is 2. The van der Waals surface area contributed by atoms with Gasteiger partial charge in [-0.3, -0.25) is 4.79 Å². The van der Waals surface area contributed by atoms with Crippen molar-refractivity contribution < 1.29 is 4.79 Å². The van der Waals surface area contributed by atoms with Gasteiger partial charge in [-0.2, -0.15) is 0 Å². The first kappa shape index (κ1) is 16.7. The molecule has 5 nitrogen and oxygen atoms in total. The van der Waals surface area contributed by atoms with E-state index in [0.29, 0.717) is 0 Å². The third kappa shape index (κ3) is 4.99. The monoisotopic (exact) mass is 388 g/mol. The van der Waals surface area contributed by atoms with Crippen molar-refractivity contribution in [2.45, 2.75) is 19.8 Å². The molecule has 1 heterocycles. The van der Waals surface area contributed by atoms with Crippen LogP contribution in [-0.4, -0.2) is 36.4 Å². The van der Waals surface area contributed by atoms with Gasteiger partial charge in [-0.25, -0.2) is 4.99 Å². The molecular weight excluding hydrogens is 367 g/mol. The van der Waals surface area contributed by atoms with Gasteiger partial charge in [-0.15, -0.1) is 24.0 Å². The normalized spacial score (nSPS) is 14.8. The number of rotatable bonds is 3. The SMILES string of the molecule is Cc1cccc(NC(N)=NCC(=O)N2CCCC2)c1.I. The lowest BCUT2D eigenvalue weighted by Crippen LogP contribution is -2.31. The van der Waals surface area contributed by atoms with Crippen molar-refractivity contribution in [1.82, 2.24) is 4.90 Å². The number of nitrogens with one attached hydrogen (secondary N) is 1. The van der Waals surface area contributed by atoms with Crippen molar-refractivity contribution in [2.75, 3.05) is 25.0 Å². The molecule has 110 valence electrons. The first-order valence-electron chi connectivity index (χ1n) is 6.56. The fourth-order valence-corrected chi connectivity index (χ4v) is 2.13. The molecule has 6 heteroatoms. The summed E-state index contributed by atoms with van der Waals surface area (Å²) in [6, 6.07) is 7.85. The van der Waals surface area contributed by atoms with Gasteiger partial charge in [0.25, 0.3) is 0 Å². The Balaban J connectivity index is 0.00000200. The van der Waals surface area contributed by atoms with Gasteiger partial charge >= 0.3 is 0 Å². The number of likely N-dealkylation sites (tertiary alicyclic amines) is 1. The zero-order chi connectivity index (χ0) is 13.7. The van der Waals surface area contributed by atoms with Gasteiger partial charge in [0.15, 0.2) is 5.96 Å². The third-order valence-electron chi connectivity index (χ3n) is 3.13. The van der Waals surface area contributed by atoms with Crippen molar-refractivity contribution in [2.24, 2.45) is 10.7 Å². The summed E-state index contributed by atoms with van der Waals surface area (Å²) in [5, 5.41) is 2.99. The Hall–Kier alpha value is -1.31. The second kappa shape index (κ2) is 8.08. The molecule has 2 rings (SSSR count). The van der Waals surface area contributed by atoms with E-state index in [0.717, 1.165) is 37.2 Å². The molecule has 0 bridgehead atoms. The maximum atomic E-state index is 11.8. The Morgan fingerprint density at radius 2 is 2.10 bits per heavy atom. The molecule has 1 fully saturated rings. The molecule has 1 aliphatic heterocycles. The number of hydrogen-bond donors (Lipinski definition) is 2. The summed E-state index contributed by atoms with van der Waals surface area (Å²) >= 11 is 0. The molecule has 1 amide bonds. The standard InChI is InChI=1S/C14H20N4O.HI/c1-11-5-4-6-12(9-11)17-14(15)16-10-13(19)18-7-2-3-8-18;/h4-6,9H,2-3,7-8,10H2,1H3,(H3,15,16,17);1H. The number of guanidine groups is 1. The van der Waals surface area contributed by atoms with Crippen LogP contribution in [0.1, 0.15) is 18.4 Å². The zero-order valence-electron chi connectivity index (χ0n) is 11.6. The highest BCUT2D eigenvalue weighted by Gasteiger charge is 2.16. The fourth-order valence-electron chi connectivity index (χ4n) is 2.13. The van der Waals surface area contributed by atoms with Crippen LogP contribution < -0.4 is 11.1 Å². The molecule has 1 aliphatic rings. The highest BCUT2D eigenvalue weighted by molar-refractivity contribution is 14.0. The van der Waals surface area contributed by atoms with Crippen LogP contribution in [-0.2, 0) is 4.79 Å². The van der Waals surface area contributed by atoms with Gasteiger partial charge in [0.1, 0.15) is 6.54 Å². The minimum atomic E-state index is 0. The van der Waals surface area contributed by atoms with Gasteiger partial charge in [-0.05, 0) is 37.5 Å². The number of benzene rings is 1. The Morgan fingerprint density at radius 1 is 1.40 bits per heavy atom. The number of carbonyl (C=O) groups is 1. The summed E-state index contributed by atoms with van der Waals surface area (Å²) in [5.74, 6) is 0.324. The van der Waals surface area contributed by atoms with Crippen LogP contribution in [0.4, 0.5) is 5.69 Å². The van der Waals surface area contributed by atoms with Crippen molar-refractivity contribution in [3.05, 3.63) is 29.8 Å². The van der Waals surface area contributed by atoms with E-state index in [2.05, 4.69) is 10.3 Å². The number of amides is 1. The molecule has 3 N–H and O–H groups in total. The Kier molecular flexibility index (Phi) is 6.77. The number of carbonyl (C=O) groups excluding carboxylic acids is 1. The maximum Gasteiger partial charge on any atom is 0.244 e. The zero-order valence-corrected chi connectivity index (χ0v) is 14.0. The number of nitrogens with two attached hydrogens (primary N) is 1. The van der Waals surface area contributed by atoms with E-state index >= 15 is 0 Å². The van der Waals surface area contributed by atoms with Gasteiger partial charge in [0.2, 0.25) is 5.91 Å². The van der Waals surface area contributed by atoms with E-state index in [9.17, 15) is 4.79 Å². The quantitative estimate of drug-likeness (QED) is 0.473. The topological polar surface area (TPSA) is 70.7 Å². The molecule has 1 aromatic carbocycles. The average Bonchev–Trinajstić information content (AvgIpc) is 2.90. The van der Waals surface area contributed by atoms with E-state index in [1.807, 2.05) is 36.1 Å². The van der Waals surface area contributed by atoms with Crippen molar-refractivity contribution in [1.29, 1.82) is 0 Å². The van der Waals surface area contributed by atoms with E-state index in [4.69, 9.17) is 5.73 Å². The van der Waals surface area contributed by atoms with Gasteiger partial charge in [0, 0.05) is 18.8 Å². The van der Waals surface area contributed by atoms with Crippen molar-refractivity contribution >= 4 is 41.5 Å². The van der Waals surface area contributed by atoms with Crippen molar-refractivity contribution in [3.63, 3.8) is 0 Å². The summed E-state index contributed by atoms with van der Waals surface area (Å²) in [4.78, 5) is 17.7. The van der Waals surface area contributed by atoms with E-state index < -0.39 is 0 Å². The smallest absolute Gasteiger partial charge is 0.244 e. The van der Waals surface area contributed by atoms with E-state index in [-0.39, 0.29) is 42.4 Å². The van der Waals surface area contributed by atoms with Crippen LogP contribution in [0.2, 0.25) is 0 Å². The molecule has 0 atom stereocenters. The first-order chi connectivity index (χ1) is 9.15. The second-order valence-corrected chi connectivity index (χ2v) is 4.78. The van der Waals surface area contributed by atoms with Crippen molar-refractivity contribution in [3.8, 4) is 0 Å². The molecule has 0 aliphatic carbocycles. The van der Waals surface area contributed by atoms with Crippen LogP contribution in [0, 0.1) is 6.92 Å². The Bertz CT molecular complexity index is 484. The molecule has 1 saturated heterocycles. The van der Waals surface area contributed by atoms with Gasteiger partial charge < -0.3 is 16.0 Å².